The predicted molar refractivity (Wildman–Crippen MR) is 63.9 cm³/mol. The Balaban J connectivity index is 2.15. The maximum absolute atomic E-state index is 5.80. The van der Waals surface area contributed by atoms with Crippen LogP contribution in [0.3, 0.4) is 0 Å². The largest absolute Gasteiger partial charge is 0.452 e. The molecule has 1 aliphatic heterocycles. The van der Waals surface area contributed by atoms with Crippen molar-refractivity contribution in [3.05, 3.63) is 46.9 Å². The van der Waals surface area contributed by atoms with Gasteiger partial charge in [-0.15, -0.1) is 0 Å². The third-order valence-corrected chi connectivity index (χ3v) is 2.96. The van der Waals surface area contributed by atoms with E-state index >= 15 is 0 Å². The Kier molecular flexibility index (Phi) is 1.92. The Morgan fingerprint density at radius 2 is 1.73 bits per heavy atom. The van der Waals surface area contributed by atoms with Crippen LogP contribution in [0.25, 0.3) is 0 Å². The van der Waals surface area contributed by atoms with Gasteiger partial charge in [0.2, 0.25) is 0 Å². The summed E-state index contributed by atoms with van der Waals surface area (Å²) < 4.78 is 6.76. The number of para-hydroxylation sites is 3. The van der Waals surface area contributed by atoms with Gasteiger partial charge < -0.3 is 10.1 Å². The topological polar surface area (TPSA) is 21.3 Å². The van der Waals surface area contributed by atoms with Crippen molar-refractivity contribution >= 4 is 27.3 Å². The van der Waals surface area contributed by atoms with E-state index in [9.17, 15) is 0 Å². The molecule has 2 aromatic carbocycles. The Hall–Kier alpha value is -1.48. The first kappa shape index (κ1) is 8.80. The molecule has 74 valence electrons. The summed E-state index contributed by atoms with van der Waals surface area (Å²) >= 11 is 3.47. The zero-order valence-electron chi connectivity index (χ0n) is 7.83. The lowest BCUT2D eigenvalue weighted by atomic mass is 10.2. The fourth-order valence-corrected chi connectivity index (χ4v) is 2.07. The normalized spacial score (nSPS) is 12.1. The smallest absolute Gasteiger partial charge is 0.165 e. The average molecular weight is 262 g/mol. The Bertz CT molecular complexity index is 525. The Labute approximate surface area is 96.0 Å². The summed E-state index contributed by atoms with van der Waals surface area (Å²) in [6.07, 6.45) is 0. The molecule has 0 aromatic heterocycles. The van der Waals surface area contributed by atoms with Crippen LogP contribution in [0.1, 0.15) is 0 Å². The molecule has 0 saturated carbocycles. The van der Waals surface area contributed by atoms with Crippen LogP contribution in [0, 0.1) is 0 Å². The van der Waals surface area contributed by atoms with Crippen LogP contribution in [0.15, 0.2) is 46.9 Å². The summed E-state index contributed by atoms with van der Waals surface area (Å²) in [6.45, 7) is 0. The molecule has 0 atom stereocenters. The molecule has 2 aromatic rings. The first-order valence-corrected chi connectivity index (χ1v) is 5.46. The lowest BCUT2D eigenvalue weighted by molar-refractivity contribution is 0.478. The Morgan fingerprint density at radius 3 is 2.67 bits per heavy atom. The first-order chi connectivity index (χ1) is 7.34. The number of anilines is 2. The minimum absolute atomic E-state index is 0.844. The molecule has 3 heteroatoms. The van der Waals surface area contributed by atoms with Gasteiger partial charge in [0.05, 0.1) is 15.8 Å². The monoisotopic (exact) mass is 261 g/mol. The molecule has 3 rings (SSSR count). The van der Waals surface area contributed by atoms with Gasteiger partial charge >= 0.3 is 0 Å². The van der Waals surface area contributed by atoms with Gasteiger partial charge in [-0.25, -0.2) is 0 Å². The molecule has 0 fully saturated rings. The fraction of sp³-hybridized carbons (Fsp3) is 0. The molecule has 2 nitrogen and oxygen atoms in total. The van der Waals surface area contributed by atoms with Gasteiger partial charge in [-0.05, 0) is 40.2 Å². The molecule has 0 amide bonds. The summed E-state index contributed by atoms with van der Waals surface area (Å²) in [5.74, 6) is 1.70. The van der Waals surface area contributed by atoms with Crippen molar-refractivity contribution in [1.29, 1.82) is 0 Å². The lowest BCUT2D eigenvalue weighted by Crippen LogP contribution is -2.02. The molecule has 15 heavy (non-hydrogen) atoms. The maximum atomic E-state index is 5.80. The van der Waals surface area contributed by atoms with Gasteiger partial charge in [-0.2, -0.15) is 0 Å². The molecule has 0 unspecified atom stereocenters. The average Bonchev–Trinajstić information content (AvgIpc) is 2.27. The lowest BCUT2D eigenvalue weighted by Gasteiger charge is -2.22. The quantitative estimate of drug-likeness (QED) is 0.652. The SMILES string of the molecule is Brc1cccc2c1Oc1ccccc1N2. The second kappa shape index (κ2) is 3.28. The van der Waals surface area contributed by atoms with Gasteiger partial charge in [0, 0.05) is 0 Å². The van der Waals surface area contributed by atoms with Crippen LogP contribution in [-0.2, 0) is 0 Å². The van der Waals surface area contributed by atoms with Crippen LogP contribution < -0.4 is 10.1 Å². The third-order valence-electron chi connectivity index (χ3n) is 2.34. The number of rotatable bonds is 0. The second-order valence-electron chi connectivity index (χ2n) is 3.34. The van der Waals surface area contributed by atoms with Gasteiger partial charge in [0.1, 0.15) is 0 Å². The van der Waals surface area contributed by atoms with Crippen molar-refractivity contribution in [2.75, 3.05) is 5.32 Å². The molecular formula is C12H8BrNO. The molecular weight excluding hydrogens is 254 g/mol. The van der Waals surface area contributed by atoms with E-state index < -0.39 is 0 Å². The number of ether oxygens (including phenoxy) is 1. The molecule has 0 spiro atoms. The van der Waals surface area contributed by atoms with E-state index in [2.05, 4.69) is 21.2 Å². The summed E-state index contributed by atoms with van der Waals surface area (Å²) in [5.41, 5.74) is 1.99. The molecule has 1 N–H and O–H groups in total. The third kappa shape index (κ3) is 1.39. The van der Waals surface area contributed by atoms with Crippen LogP contribution in [0.2, 0.25) is 0 Å². The highest BCUT2D eigenvalue weighted by molar-refractivity contribution is 9.10. The Morgan fingerprint density at radius 1 is 0.933 bits per heavy atom. The summed E-state index contributed by atoms with van der Waals surface area (Å²) in [4.78, 5) is 0. The van der Waals surface area contributed by atoms with Crippen LogP contribution in [0.4, 0.5) is 11.4 Å². The molecule has 1 heterocycles. The van der Waals surface area contributed by atoms with E-state index in [0.29, 0.717) is 0 Å². The van der Waals surface area contributed by atoms with Gasteiger partial charge in [-0.1, -0.05) is 18.2 Å². The summed E-state index contributed by atoms with van der Waals surface area (Å²) in [6, 6.07) is 13.8. The molecule has 1 aliphatic rings. The number of nitrogens with one attached hydrogen (secondary N) is 1. The van der Waals surface area contributed by atoms with Crippen molar-refractivity contribution in [3.8, 4) is 11.5 Å². The number of fused-ring (bicyclic) bond motifs is 2. The van der Waals surface area contributed by atoms with E-state index in [1.54, 1.807) is 0 Å². The van der Waals surface area contributed by atoms with Gasteiger partial charge in [0.15, 0.2) is 11.5 Å². The number of halogens is 1. The van der Waals surface area contributed by atoms with E-state index in [-0.39, 0.29) is 0 Å². The standard InChI is InChI=1S/C12H8BrNO/c13-8-4-3-6-10-12(8)15-11-7-2-1-5-9(11)14-10/h1-7,14H. The molecule has 0 bridgehead atoms. The van der Waals surface area contributed by atoms with Crippen LogP contribution >= 0.6 is 15.9 Å². The fourth-order valence-electron chi connectivity index (χ4n) is 1.62. The van der Waals surface area contributed by atoms with Crippen molar-refractivity contribution in [2.45, 2.75) is 0 Å². The maximum Gasteiger partial charge on any atom is 0.165 e. The molecule has 0 saturated heterocycles. The highest BCUT2D eigenvalue weighted by Crippen LogP contribution is 2.45. The number of hydrogen-bond acceptors (Lipinski definition) is 2. The predicted octanol–water partition coefficient (Wildman–Crippen LogP) is 4.30. The first-order valence-electron chi connectivity index (χ1n) is 4.67. The number of benzene rings is 2. The van der Waals surface area contributed by atoms with E-state index in [4.69, 9.17) is 4.74 Å². The minimum Gasteiger partial charge on any atom is -0.452 e. The van der Waals surface area contributed by atoms with E-state index in [1.165, 1.54) is 0 Å². The van der Waals surface area contributed by atoms with Gasteiger partial charge in [0.25, 0.3) is 0 Å². The zero-order valence-corrected chi connectivity index (χ0v) is 9.41. The van der Waals surface area contributed by atoms with Crippen molar-refractivity contribution < 1.29 is 4.74 Å². The summed E-state index contributed by atoms with van der Waals surface area (Å²) in [5, 5.41) is 3.33. The second-order valence-corrected chi connectivity index (χ2v) is 4.19. The van der Waals surface area contributed by atoms with Crippen LogP contribution in [-0.4, -0.2) is 0 Å². The molecule has 0 radical (unpaired) electrons. The van der Waals surface area contributed by atoms with Gasteiger partial charge in [-0.3, -0.25) is 0 Å². The van der Waals surface area contributed by atoms with Crippen LogP contribution in [0.5, 0.6) is 11.5 Å². The molecule has 0 aliphatic carbocycles. The minimum atomic E-state index is 0.844. The van der Waals surface area contributed by atoms with Crippen molar-refractivity contribution in [2.24, 2.45) is 0 Å². The van der Waals surface area contributed by atoms with Crippen molar-refractivity contribution in [3.63, 3.8) is 0 Å². The van der Waals surface area contributed by atoms with Crippen molar-refractivity contribution in [1.82, 2.24) is 0 Å². The summed E-state index contributed by atoms with van der Waals surface area (Å²) in [7, 11) is 0. The highest BCUT2D eigenvalue weighted by atomic mass is 79.9. The van der Waals surface area contributed by atoms with E-state index in [0.717, 1.165) is 27.3 Å². The number of hydrogen-bond donors (Lipinski definition) is 1. The zero-order chi connectivity index (χ0) is 10.3. The highest BCUT2D eigenvalue weighted by Gasteiger charge is 2.17. The van der Waals surface area contributed by atoms with E-state index in [1.807, 2.05) is 42.5 Å².